The first-order chi connectivity index (χ1) is 6.36. The Kier molecular flexibility index (Phi) is 2.49. The van der Waals surface area contributed by atoms with E-state index in [0.29, 0.717) is 0 Å². The van der Waals surface area contributed by atoms with E-state index in [1.165, 1.54) is 25.9 Å². The summed E-state index contributed by atoms with van der Waals surface area (Å²) < 4.78 is 0. The van der Waals surface area contributed by atoms with E-state index in [4.69, 9.17) is 5.73 Å². The number of hydrogen-bond acceptors (Lipinski definition) is 3. The van der Waals surface area contributed by atoms with Crippen LogP contribution in [0.5, 0.6) is 0 Å². The molecule has 4 heteroatoms. The Morgan fingerprint density at radius 3 is 2.85 bits per heavy atom. The second-order valence-corrected chi connectivity index (χ2v) is 3.60. The molecule has 0 bridgehead atoms. The predicted molar refractivity (Wildman–Crippen MR) is 52.4 cm³/mol. The molecule has 0 unspecified atom stereocenters. The maximum Gasteiger partial charge on any atom is 0.0730 e. The van der Waals surface area contributed by atoms with Gasteiger partial charge >= 0.3 is 0 Å². The van der Waals surface area contributed by atoms with E-state index in [1.54, 1.807) is 6.20 Å². The van der Waals surface area contributed by atoms with Crippen LogP contribution in [0.3, 0.4) is 0 Å². The molecular formula is C9H16N4. The van der Waals surface area contributed by atoms with Gasteiger partial charge in [-0.1, -0.05) is 0 Å². The van der Waals surface area contributed by atoms with Crippen molar-refractivity contribution in [2.45, 2.75) is 19.3 Å². The first-order valence-corrected chi connectivity index (χ1v) is 4.86. The van der Waals surface area contributed by atoms with Gasteiger partial charge in [-0.3, -0.25) is 5.10 Å². The number of aromatic nitrogens is 2. The zero-order chi connectivity index (χ0) is 9.10. The average molecular weight is 180 g/mol. The van der Waals surface area contributed by atoms with Crippen molar-refractivity contribution in [1.29, 1.82) is 0 Å². The van der Waals surface area contributed by atoms with Crippen molar-refractivity contribution in [3.05, 3.63) is 11.9 Å². The molecular weight excluding hydrogens is 164 g/mol. The minimum absolute atomic E-state index is 0.791. The lowest BCUT2D eigenvalue weighted by molar-refractivity contribution is 0.342. The molecule has 3 N–H and O–H groups in total. The Morgan fingerprint density at radius 1 is 1.46 bits per heavy atom. The van der Waals surface area contributed by atoms with Crippen LogP contribution in [0.4, 0.5) is 5.69 Å². The van der Waals surface area contributed by atoms with Gasteiger partial charge in [-0.05, 0) is 25.9 Å². The number of nitrogens with one attached hydrogen (secondary N) is 1. The lowest BCUT2D eigenvalue weighted by atomic mass is 10.2. The molecule has 0 aliphatic carbocycles. The van der Waals surface area contributed by atoms with Crippen LogP contribution in [0.1, 0.15) is 18.5 Å². The smallest absolute Gasteiger partial charge is 0.0730 e. The molecule has 1 aromatic heterocycles. The fraction of sp³-hybridized carbons (Fsp3) is 0.667. The number of nitrogens with two attached hydrogens (primary N) is 1. The maximum absolute atomic E-state index is 5.71. The van der Waals surface area contributed by atoms with Gasteiger partial charge in [-0.25, -0.2) is 0 Å². The van der Waals surface area contributed by atoms with Gasteiger partial charge in [-0.15, -0.1) is 0 Å². The van der Waals surface area contributed by atoms with Crippen LogP contribution in [-0.2, 0) is 6.42 Å². The van der Waals surface area contributed by atoms with Crippen LogP contribution < -0.4 is 5.73 Å². The summed E-state index contributed by atoms with van der Waals surface area (Å²) in [7, 11) is 0. The normalized spacial score (nSPS) is 18.2. The highest BCUT2D eigenvalue weighted by Gasteiger charge is 2.11. The number of rotatable bonds is 3. The van der Waals surface area contributed by atoms with E-state index >= 15 is 0 Å². The van der Waals surface area contributed by atoms with Gasteiger partial charge in [0, 0.05) is 13.0 Å². The highest BCUT2D eigenvalue weighted by Crippen LogP contribution is 2.11. The number of anilines is 1. The van der Waals surface area contributed by atoms with Gasteiger partial charge in [0.1, 0.15) is 0 Å². The van der Waals surface area contributed by atoms with Gasteiger partial charge < -0.3 is 10.6 Å². The molecule has 1 aliphatic rings. The van der Waals surface area contributed by atoms with Crippen molar-refractivity contribution < 1.29 is 0 Å². The van der Waals surface area contributed by atoms with Crippen molar-refractivity contribution in [3.8, 4) is 0 Å². The molecule has 0 aromatic carbocycles. The van der Waals surface area contributed by atoms with E-state index in [9.17, 15) is 0 Å². The van der Waals surface area contributed by atoms with E-state index in [-0.39, 0.29) is 0 Å². The molecule has 2 rings (SSSR count). The van der Waals surface area contributed by atoms with Gasteiger partial charge in [0.2, 0.25) is 0 Å². The number of nitrogens with zero attached hydrogens (tertiary/aromatic N) is 2. The first kappa shape index (κ1) is 8.56. The molecule has 72 valence electrons. The summed E-state index contributed by atoms with van der Waals surface area (Å²) >= 11 is 0. The summed E-state index contributed by atoms with van der Waals surface area (Å²) in [6.45, 7) is 3.59. The molecule has 2 heterocycles. The molecule has 0 atom stereocenters. The average Bonchev–Trinajstić information content (AvgIpc) is 2.72. The fourth-order valence-electron chi connectivity index (χ4n) is 1.80. The molecule has 1 aromatic rings. The Balaban J connectivity index is 1.82. The highest BCUT2D eigenvalue weighted by atomic mass is 15.1. The van der Waals surface area contributed by atoms with Crippen molar-refractivity contribution in [2.75, 3.05) is 25.4 Å². The Morgan fingerprint density at radius 2 is 2.23 bits per heavy atom. The van der Waals surface area contributed by atoms with Gasteiger partial charge in [0.05, 0.1) is 17.6 Å². The quantitative estimate of drug-likeness (QED) is 0.717. The third-order valence-electron chi connectivity index (χ3n) is 2.63. The van der Waals surface area contributed by atoms with Crippen molar-refractivity contribution in [3.63, 3.8) is 0 Å². The topological polar surface area (TPSA) is 57.9 Å². The minimum atomic E-state index is 0.791. The summed E-state index contributed by atoms with van der Waals surface area (Å²) in [4.78, 5) is 2.47. The second-order valence-electron chi connectivity index (χ2n) is 3.60. The van der Waals surface area contributed by atoms with Crippen LogP contribution in [0.15, 0.2) is 6.20 Å². The van der Waals surface area contributed by atoms with Crippen LogP contribution in [0.2, 0.25) is 0 Å². The van der Waals surface area contributed by atoms with Crippen molar-refractivity contribution in [1.82, 2.24) is 15.1 Å². The van der Waals surface area contributed by atoms with E-state index < -0.39 is 0 Å². The molecule has 0 saturated carbocycles. The monoisotopic (exact) mass is 180 g/mol. The largest absolute Gasteiger partial charge is 0.396 e. The molecule has 4 nitrogen and oxygen atoms in total. The van der Waals surface area contributed by atoms with Crippen LogP contribution in [-0.4, -0.2) is 34.7 Å². The second kappa shape index (κ2) is 3.79. The maximum atomic E-state index is 5.71. The zero-order valence-corrected chi connectivity index (χ0v) is 7.79. The van der Waals surface area contributed by atoms with E-state index in [1.807, 2.05) is 0 Å². The summed E-state index contributed by atoms with van der Waals surface area (Å²) in [6, 6.07) is 0. The van der Waals surface area contributed by atoms with E-state index in [2.05, 4.69) is 15.1 Å². The first-order valence-electron chi connectivity index (χ1n) is 4.86. The molecule has 1 fully saturated rings. The Labute approximate surface area is 78.1 Å². The number of hydrogen-bond donors (Lipinski definition) is 2. The van der Waals surface area contributed by atoms with Crippen molar-refractivity contribution >= 4 is 5.69 Å². The number of H-pyrrole nitrogens is 1. The summed E-state index contributed by atoms with van der Waals surface area (Å²) in [5.41, 5.74) is 7.58. The zero-order valence-electron chi connectivity index (χ0n) is 7.79. The highest BCUT2D eigenvalue weighted by molar-refractivity contribution is 5.39. The minimum Gasteiger partial charge on any atom is -0.396 e. The van der Waals surface area contributed by atoms with Crippen LogP contribution in [0.25, 0.3) is 0 Å². The summed E-state index contributed by atoms with van der Waals surface area (Å²) in [6.07, 6.45) is 5.36. The Bertz CT molecular complexity index is 262. The molecule has 0 spiro atoms. The number of nitrogen functional groups attached to an aromatic ring is 1. The van der Waals surface area contributed by atoms with Gasteiger partial charge in [0.25, 0.3) is 0 Å². The number of likely N-dealkylation sites (tertiary alicyclic amines) is 1. The van der Waals surface area contributed by atoms with Crippen LogP contribution >= 0.6 is 0 Å². The summed E-state index contributed by atoms with van der Waals surface area (Å²) in [5.74, 6) is 0. The third-order valence-corrected chi connectivity index (χ3v) is 2.63. The lowest BCUT2D eigenvalue weighted by Gasteiger charge is -2.13. The van der Waals surface area contributed by atoms with Crippen molar-refractivity contribution in [2.24, 2.45) is 0 Å². The third kappa shape index (κ3) is 2.01. The molecule has 0 amide bonds. The van der Waals surface area contributed by atoms with Crippen LogP contribution in [0, 0.1) is 0 Å². The SMILES string of the molecule is Nc1cn[nH]c1CCN1CCCC1. The standard InChI is InChI=1S/C9H16N4/c10-8-7-11-12-9(8)3-6-13-4-1-2-5-13/h7H,1-6,10H2,(H,11,12). The summed E-state index contributed by atoms with van der Waals surface area (Å²) in [5, 5.41) is 6.83. The fourth-order valence-corrected chi connectivity index (χ4v) is 1.80. The number of aromatic amines is 1. The van der Waals surface area contributed by atoms with Gasteiger partial charge in [-0.2, -0.15) is 5.10 Å². The van der Waals surface area contributed by atoms with Gasteiger partial charge in [0.15, 0.2) is 0 Å². The predicted octanol–water partition coefficient (Wildman–Crippen LogP) is 0.630. The molecule has 0 radical (unpaired) electrons. The molecule has 13 heavy (non-hydrogen) atoms. The molecule has 1 aliphatic heterocycles. The van der Waals surface area contributed by atoms with E-state index in [0.717, 1.165) is 24.3 Å². The molecule has 1 saturated heterocycles. The lowest BCUT2D eigenvalue weighted by Crippen LogP contribution is -2.22. The Hall–Kier alpha value is -1.03.